The number of halogens is 1. The molecule has 0 bridgehead atoms. The molecule has 0 fully saturated rings. The topological polar surface area (TPSA) is 55.4 Å². The minimum Gasteiger partial charge on any atom is -0.462 e. The molecule has 2 aromatic carbocycles. The van der Waals surface area contributed by atoms with Crippen molar-refractivity contribution < 1.29 is 14.3 Å². The number of para-hydroxylation sites is 1. The Balaban J connectivity index is 2.27. The molecule has 0 spiro atoms. The first kappa shape index (κ1) is 16.0. The van der Waals surface area contributed by atoms with Crippen molar-refractivity contribution in [3.05, 3.63) is 64.2 Å². The van der Waals surface area contributed by atoms with E-state index in [1.54, 1.807) is 49.4 Å². The SMILES string of the molecule is CCOC(=O)c1ccccc1NC(=O)c1ccc(C)cc1Cl. The highest BCUT2D eigenvalue weighted by Gasteiger charge is 2.16. The number of amides is 1. The summed E-state index contributed by atoms with van der Waals surface area (Å²) in [7, 11) is 0. The van der Waals surface area contributed by atoms with Crippen LogP contribution in [0.5, 0.6) is 0 Å². The number of ether oxygens (including phenoxy) is 1. The van der Waals surface area contributed by atoms with Crippen LogP contribution in [0.3, 0.4) is 0 Å². The molecule has 0 heterocycles. The summed E-state index contributed by atoms with van der Waals surface area (Å²) in [4.78, 5) is 24.2. The molecule has 0 aliphatic carbocycles. The molecule has 0 unspecified atom stereocenters. The van der Waals surface area contributed by atoms with Gasteiger partial charge in [-0.15, -0.1) is 0 Å². The lowest BCUT2D eigenvalue weighted by molar-refractivity contribution is 0.0527. The summed E-state index contributed by atoms with van der Waals surface area (Å²) in [5.41, 5.74) is 2.02. The highest BCUT2D eigenvalue weighted by Crippen LogP contribution is 2.21. The molecule has 0 saturated carbocycles. The van der Waals surface area contributed by atoms with E-state index in [1.807, 2.05) is 6.92 Å². The Morgan fingerprint density at radius 2 is 1.86 bits per heavy atom. The minimum atomic E-state index is -0.478. The van der Waals surface area contributed by atoms with E-state index < -0.39 is 5.97 Å². The zero-order valence-corrected chi connectivity index (χ0v) is 13.1. The summed E-state index contributed by atoms with van der Waals surface area (Å²) < 4.78 is 4.98. The van der Waals surface area contributed by atoms with Crippen LogP contribution in [0.2, 0.25) is 5.02 Å². The second kappa shape index (κ2) is 7.09. The summed E-state index contributed by atoms with van der Waals surface area (Å²) in [5.74, 6) is -0.852. The lowest BCUT2D eigenvalue weighted by Gasteiger charge is -2.11. The molecule has 0 aliphatic heterocycles. The summed E-state index contributed by atoms with van der Waals surface area (Å²) in [5, 5.41) is 3.07. The van der Waals surface area contributed by atoms with Crippen molar-refractivity contribution >= 4 is 29.2 Å². The molecule has 2 rings (SSSR count). The maximum absolute atomic E-state index is 12.3. The van der Waals surface area contributed by atoms with Crippen LogP contribution in [-0.4, -0.2) is 18.5 Å². The van der Waals surface area contributed by atoms with E-state index in [-0.39, 0.29) is 12.5 Å². The third-order valence-corrected chi connectivity index (χ3v) is 3.35. The number of aryl methyl sites for hydroxylation is 1. The van der Waals surface area contributed by atoms with Crippen LogP contribution < -0.4 is 5.32 Å². The number of anilines is 1. The van der Waals surface area contributed by atoms with Gasteiger partial charge in [-0.2, -0.15) is 0 Å². The van der Waals surface area contributed by atoms with Crippen LogP contribution >= 0.6 is 11.6 Å². The van der Waals surface area contributed by atoms with Gasteiger partial charge < -0.3 is 10.1 Å². The predicted molar refractivity (Wildman–Crippen MR) is 86.5 cm³/mol. The van der Waals surface area contributed by atoms with Gasteiger partial charge in [0.1, 0.15) is 0 Å². The first-order chi connectivity index (χ1) is 10.5. The standard InChI is InChI=1S/C17H16ClNO3/c1-3-22-17(21)13-6-4-5-7-15(13)19-16(20)12-9-8-11(2)10-14(12)18/h4-10H,3H2,1-2H3,(H,19,20). The number of esters is 1. The van der Waals surface area contributed by atoms with Crippen molar-refractivity contribution in [2.24, 2.45) is 0 Å². The molecule has 0 radical (unpaired) electrons. The quantitative estimate of drug-likeness (QED) is 0.864. The number of carbonyl (C=O) groups excluding carboxylic acids is 2. The number of nitrogens with one attached hydrogen (secondary N) is 1. The lowest BCUT2D eigenvalue weighted by Crippen LogP contribution is -2.16. The van der Waals surface area contributed by atoms with E-state index in [0.29, 0.717) is 21.8 Å². The summed E-state index contributed by atoms with van der Waals surface area (Å²) in [6.45, 7) is 3.89. The van der Waals surface area contributed by atoms with E-state index in [2.05, 4.69) is 5.32 Å². The fraction of sp³-hybridized carbons (Fsp3) is 0.176. The maximum Gasteiger partial charge on any atom is 0.340 e. The Labute approximate surface area is 134 Å². The van der Waals surface area contributed by atoms with Crippen molar-refractivity contribution in [3.8, 4) is 0 Å². The Bertz CT molecular complexity index is 713. The van der Waals surface area contributed by atoms with Crippen LogP contribution in [0.25, 0.3) is 0 Å². The number of carbonyl (C=O) groups is 2. The molecule has 22 heavy (non-hydrogen) atoms. The molecule has 5 heteroatoms. The van der Waals surface area contributed by atoms with Crippen molar-refractivity contribution in [2.45, 2.75) is 13.8 Å². The van der Waals surface area contributed by atoms with Crippen LogP contribution in [0.4, 0.5) is 5.69 Å². The first-order valence-corrected chi connectivity index (χ1v) is 7.24. The van der Waals surface area contributed by atoms with Gasteiger partial charge in [-0.3, -0.25) is 4.79 Å². The van der Waals surface area contributed by atoms with Gasteiger partial charge in [-0.1, -0.05) is 29.8 Å². The average Bonchev–Trinajstić information content (AvgIpc) is 2.47. The minimum absolute atomic E-state index is 0.269. The molecule has 2 aromatic rings. The van der Waals surface area contributed by atoms with Crippen molar-refractivity contribution in [2.75, 3.05) is 11.9 Å². The summed E-state index contributed by atoms with van der Waals surface area (Å²) in [6, 6.07) is 11.9. The molecule has 0 saturated heterocycles. The van der Waals surface area contributed by atoms with Gasteiger partial charge >= 0.3 is 5.97 Å². The molecular weight excluding hydrogens is 302 g/mol. The van der Waals surface area contributed by atoms with Gasteiger partial charge in [-0.25, -0.2) is 4.79 Å². The van der Waals surface area contributed by atoms with Gasteiger partial charge in [0.25, 0.3) is 5.91 Å². The highest BCUT2D eigenvalue weighted by molar-refractivity contribution is 6.34. The third-order valence-electron chi connectivity index (χ3n) is 3.04. The lowest BCUT2D eigenvalue weighted by atomic mass is 10.1. The van der Waals surface area contributed by atoms with Crippen LogP contribution in [0.15, 0.2) is 42.5 Å². The van der Waals surface area contributed by atoms with E-state index >= 15 is 0 Å². The number of hydrogen-bond acceptors (Lipinski definition) is 3. The molecule has 1 amide bonds. The van der Waals surface area contributed by atoms with Crippen LogP contribution in [0, 0.1) is 6.92 Å². The second-order valence-electron chi connectivity index (χ2n) is 4.70. The molecule has 0 atom stereocenters. The van der Waals surface area contributed by atoms with E-state index in [9.17, 15) is 9.59 Å². The van der Waals surface area contributed by atoms with Crippen molar-refractivity contribution in [1.82, 2.24) is 0 Å². The highest BCUT2D eigenvalue weighted by atomic mass is 35.5. The predicted octanol–water partition coefficient (Wildman–Crippen LogP) is 4.08. The molecule has 114 valence electrons. The van der Waals surface area contributed by atoms with Crippen molar-refractivity contribution in [1.29, 1.82) is 0 Å². The second-order valence-corrected chi connectivity index (χ2v) is 5.11. The van der Waals surface area contributed by atoms with E-state index in [0.717, 1.165) is 5.56 Å². The fourth-order valence-corrected chi connectivity index (χ4v) is 2.29. The smallest absolute Gasteiger partial charge is 0.340 e. The Morgan fingerprint density at radius 1 is 1.14 bits per heavy atom. The molecule has 1 N–H and O–H groups in total. The van der Waals surface area contributed by atoms with Gasteiger partial charge in [0, 0.05) is 0 Å². The molecule has 0 aromatic heterocycles. The number of benzene rings is 2. The fourth-order valence-electron chi connectivity index (χ4n) is 1.97. The maximum atomic E-state index is 12.3. The van der Waals surface area contributed by atoms with Crippen LogP contribution in [0.1, 0.15) is 33.2 Å². The van der Waals surface area contributed by atoms with Gasteiger partial charge in [0.15, 0.2) is 0 Å². The average molecular weight is 318 g/mol. The largest absolute Gasteiger partial charge is 0.462 e. The van der Waals surface area contributed by atoms with Gasteiger partial charge in [0.05, 0.1) is 28.4 Å². The van der Waals surface area contributed by atoms with Crippen LogP contribution in [-0.2, 0) is 4.74 Å². The number of rotatable bonds is 4. The van der Waals surface area contributed by atoms with E-state index in [4.69, 9.17) is 16.3 Å². The Morgan fingerprint density at radius 3 is 2.55 bits per heavy atom. The van der Waals surface area contributed by atoms with Crippen molar-refractivity contribution in [3.63, 3.8) is 0 Å². The van der Waals surface area contributed by atoms with E-state index in [1.165, 1.54) is 0 Å². The van der Waals surface area contributed by atoms with Gasteiger partial charge in [-0.05, 0) is 43.7 Å². The zero-order chi connectivity index (χ0) is 16.1. The monoisotopic (exact) mass is 317 g/mol. The molecule has 4 nitrogen and oxygen atoms in total. The summed E-state index contributed by atoms with van der Waals surface area (Å²) in [6.07, 6.45) is 0. The number of hydrogen-bond donors (Lipinski definition) is 1. The normalized spacial score (nSPS) is 10.1. The van der Waals surface area contributed by atoms with Gasteiger partial charge in [0.2, 0.25) is 0 Å². The summed E-state index contributed by atoms with van der Waals surface area (Å²) >= 11 is 6.09. The Kier molecular flexibility index (Phi) is 5.17. The third kappa shape index (κ3) is 3.65. The zero-order valence-electron chi connectivity index (χ0n) is 12.4. The molecular formula is C17H16ClNO3. The Hall–Kier alpha value is -2.33. The first-order valence-electron chi connectivity index (χ1n) is 6.86. The molecule has 0 aliphatic rings.